The lowest BCUT2D eigenvalue weighted by atomic mass is 10.2. The van der Waals surface area contributed by atoms with E-state index in [0.717, 1.165) is 11.0 Å². The van der Waals surface area contributed by atoms with Gasteiger partial charge in [-0.2, -0.15) is 0 Å². The van der Waals surface area contributed by atoms with Crippen LogP contribution in [0.3, 0.4) is 0 Å². The Kier molecular flexibility index (Phi) is 3.97. The van der Waals surface area contributed by atoms with E-state index in [1.807, 2.05) is 30.3 Å². The fourth-order valence-electron chi connectivity index (χ4n) is 3.11. The number of nitrogens with one attached hydrogen (secondary N) is 1. The van der Waals surface area contributed by atoms with E-state index in [2.05, 4.69) is 10.5 Å². The molecule has 1 amide bonds. The number of carbonyl (C=O) groups is 1. The monoisotopic (exact) mass is 376 g/mol. The van der Waals surface area contributed by atoms with Gasteiger partial charge in [-0.1, -0.05) is 23.4 Å². The number of rotatable bonds is 4. The van der Waals surface area contributed by atoms with Gasteiger partial charge in [0, 0.05) is 23.2 Å². The van der Waals surface area contributed by atoms with Gasteiger partial charge in [0.2, 0.25) is 11.7 Å². The number of para-hydroxylation sites is 1. The van der Waals surface area contributed by atoms with Crippen LogP contribution < -0.4 is 14.8 Å². The number of fused-ring (bicyclic) bond motifs is 2. The quantitative estimate of drug-likeness (QED) is 0.578. The molecule has 5 rings (SSSR count). The number of anilines is 1. The van der Waals surface area contributed by atoms with Crippen LogP contribution in [0.25, 0.3) is 22.5 Å². The van der Waals surface area contributed by atoms with Gasteiger partial charge in [-0.05, 0) is 24.3 Å². The van der Waals surface area contributed by atoms with E-state index < -0.39 is 0 Å². The van der Waals surface area contributed by atoms with Crippen LogP contribution in [0.5, 0.6) is 11.5 Å². The summed E-state index contributed by atoms with van der Waals surface area (Å²) in [5, 5.41) is 7.78. The van der Waals surface area contributed by atoms with Gasteiger partial charge in [0.25, 0.3) is 0 Å². The summed E-state index contributed by atoms with van der Waals surface area (Å²) in [6, 6.07) is 16.6. The normalized spacial score (nSPS) is 12.9. The first-order valence-electron chi connectivity index (χ1n) is 8.89. The molecule has 2 aromatic carbocycles. The molecule has 0 bridgehead atoms. The molecule has 1 aliphatic heterocycles. The molecular weight excluding hydrogens is 360 g/mol. The summed E-state index contributed by atoms with van der Waals surface area (Å²) >= 11 is 0. The summed E-state index contributed by atoms with van der Waals surface area (Å²) in [7, 11) is 0. The molecule has 1 aliphatic rings. The summed E-state index contributed by atoms with van der Waals surface area (Å²) < 4.78 is 22.1. The van der Waals surface area contributed by atoms with Crippen molar-refractivity contribution >= 4 is 22.6 Å². The van der Waals surface area contributed by atoms with Crippen LogP contribution in [0, 0.1) is 0 Å². The summed E-state index contributed by atoms with van der Waals surface area (Å²) in [4.78, 5) is 12.3. The van der Waals surface area contributed by atoms with Crippen molar-refractivity contribution in [1.82, 2.24) is 5.16 Å². The van der Waals surface area contributed by atoms with Crippen molar-refractivity contribution in [3.8, 4) is 23.0 Å². The molecular formula is C21H16N2O5. The molecule has 0 unspecified atom stereocenters. The summed E-state index contributed by atoms with van der Waals surface area (Å²) in [5.41, 5.74) is 1.92. The van der Waals surface area contributed by atoms with E-state index in [1.54, 1.807) is 24.3 Å². The average molecular weight is 376 g/mol. The highest BCUT2D eigenvalue weighted by Crippen LogP contribution is 2.32. The molecule has 1 N–H and O–H groups in total. The zero-order valence-electron chi connectivity index (χ0n) is 14.8. The molecule has 2 aromatic heterocycles. The van der Waals surface area contributed by atoms with Crippen LogP contribution in [0.4, 0.5) is 5.69 Å². The standard InChI is InChI=1S/C21H16N2O5/c24-21(22-14-5-6-17-18(10-14)26-8-7-25-17)12-15-11-20(28-23-15)19-9-13-3-1-2-4-16(13)27-19/h1-6,9-11H,7-8,12H2,(H,22,24). The first-order valence-corrected chi connectivity index (χ1v) is 8.89. The Morgan fingerprint density at radius 1 is 0.964 bits per heavy atom. The third-order valence-corrected chi connectivity index (χ3v) is 4.39. The van der Waals surface area contributed by atoms with Gasteiger partial charge in [-0.3, -0.25) is 4.79 Å². The van der Waals surface area contributed by atoms with Crippen molar-refractivity contribution in [3.05, 3.63) is 60.3 Å². The lowest BCUT2D eigenvalue weighted by molar-refractivity contribution is -0.115. The molecule has 7 heteroatoms. The Morgan fingerprint density at radius 2 is 1.82 bits per heavy atom. The Bertz CT molecular complexity index is 1130. The molecule has 3 heterocycles. The fourth-order valence-corrected chi connectivity index (χ4v) is 3.11. The molecule has 0 fully saturated rings. The number of furan rings is 1. The van der Waals surface area contributed by atoms with Gasteiger partial charge in [-0.25, -0.2) is 0 Å². The minimum absolute atomic E-state index is 0.0815. The molecule has 4 aromatic rings. The van der Waals surface area contributed by atoms with E-state index in [1.165, 1.54) is 0 Å². The predicted molar refractivity (Wildman–Crippen MR) is 101 cm³/mol. The molecule has 0 saturated carbocycles. The van der Waals surface area contributed by atoms with Crippen LogP contribution >= 0.6 is 0 Å². The Labute approximate surface area is 159 Å². The molecule has 0 radical (unpaired) electrons. The second kappa shape index (κ2) is 6.77. The van der Waals surface area contributed by atoms with Gasteiger partial charge in [0.15, 0.2) is 17.3 Å². The number of carbonyl (C=O) groups excluding carboxylic acids is 1. The minimum Gasteiger partial charge on any atom is -0.486 e. The number of benzene rings is 2. The second-order valence-electron chi connectivity index (χ2n) is 6.41. The molecule has 140 valence electrons. The molecule has 28 heavy (non-hydrogen) atoms. The maximum Gasteiger partial charge on any atom is 0.230 e. The van der Waals surface area contributed by atoms with Gasteiger partial charge < -0.3 is 23.7 Å². The molecule has 0 atom stereocenters. The van der Waals surface area contributed by atoms with Crippen molar-refractivity contribution in [2.75, 3.05) is 18.5 Å². The van der Waals surface area contributed by atoms with E-state index >= 15 is 0 Å². The number of ether oxygens (including phenoxy) is 2. The van der Waals surface area contributed by atoms with Crippen molar-refractivity contribution in [2.45, 2.75) is 6.42 Å². The third-order valence-electron chi connectivity index (χ3n) is 4.39. The number of hydrogen-bond acceptors (Lipinski definition) is 6. The number of aromatic nitrogens is 1. The van der Waals surface area contributed by atoms with Crippen LogP contribution in [0.2, 0.25) is 0 Å². The SMILES string of the molecule is O=C(Cc1cc(-c2cc3ccccc3o2)on1)Nc1ccc2c(c1)OCCO2. The third kappa shape index (κ3) is 3.18. The first kappa shape index (κ1) is 16.4. The lowest BCUT2D eigenvalue weighted by Gasteiger charge is -2.18. The van der Waals surface area contributed by atoms with Crippen LogP contribution in [-0.4, -0.2) is 24.3 Å². The van der Waals surface area contributed by atoms with Crippen LogP contribution in [0.1, 0.15) is 5.69 Å². The molecule has 7 nitrogen and oxygen atoms in total. The smallest absolute Gasteiger partial charge is 0.230 e. The van der Waals surface area contributed by atoms with E-state index in [-0.39, 0.29) is 12.3 Å². The van der Waals surface area contributed by atoms with E-state index in [0.29, 0.717) is 47.6 Å². The molecule has 0 spiro atoms. The zero-order chi connectivity index (χ0) is 18.9. The van der Waals surface area contributed by atoms with Gasteiger partial charge >= 0.3 is 0 Å². The number of hydrogen-bond donors (Lipinski definition) is 1. The highest BCUT2D eigenvalue weighted by atomic mass is 16.6. The molecule has 0 saturated heterocycles. The van der Waals surface area contributed by atoms with Crippen LogP contribution in [-0.2, 0) is 11.2 Å². The van der Waals surface area contributed by atoms with Gasteiger partial charge in [-0.15, -0.1) is 0 Å². The summed E-state index contributed by atoms with van der Waals surface area (Å²) in [6.45, 7) is 1.02. The Hall–Kier alpha value is -3.74. The fraction of sp³-hybridized carbons (Fsp3) is 0.143. The first-order chi connectivity index (χ1) is 13.7. The van der Waals surface area contributed by atoms with Gasteiger partial charge in [0.05, 0.1) is 12.1 Å². The van der Waals surface area contributed by atoms with Crippen molar-refractivity contribution < 1.29 is 23.2 Å². The van der Waals surface area contributed by atoms with Crippen molar-refractivity contribution in [2.24, 2.45) is 0 Å². The topological polar surface area (TPSA) is 86.7 Å². The van der Waals surface area contributed by atoms with Crippen LogP contribution in [0.15, 0.2) is 63.5 Å². The van der Waals surface area contributed by atoms with E-state index in [9.17, 15) is 4.79 Å². The maximum atomic E-state index is 12.3. The summed E-state index contributed by atoms with van der Waals surface area (Å²) in [6.07, 6.45) is 0.0815. The van der Waals surface area contributed by atoms with Crippen molar-refractivity contribution in [3.63, 3.8) is 0 Å². The predicted octanol–water partition coefficient (Wildman–Crippen LogP) is 4.04. The largest absolute Gasteiger partial charge is 0.486 e. The molecule has 0 aliphatic carbocycles. The van der Waals surface area contributed by atoms with Crippen molar-refractivity contribution in [1.29, 1.82) is 0 Å². The summed E-state index contributed by atoms with van der Waals surface area (Å²) in [5.74, 6) is 2.15. The average Bonchev–Trinajstić information content (AvgIpc) is 3.34. The lowest BCUT2D eigenvalue weighted by Crippen LogP contribution is -2.17. The maximum absolute atomic E-state index is 12.3. The number of nitrogens with zero attached hydrogens (tertiary/aromatic N) is 1. The second-order valence-corrected chi connectivity index (χ2v) is 6.41. The highest BCUT2D eigenvalue weighted by Gasteiger charge is 2.16. The number of amides is 1. The minimum atomic E-state index is -0.207. The Morgan fingerprint density at radius 3 is 2.71 bits per heavy atom. The zero-order valence-corrected chi connectivity index (χ0v) is 14.8. The Balaban J connectivity index is 1.28. The highest BCUT2D eigenvalue weighted by molar-refractivity contribution is 5.92. The van der Waals surface area contributed by atoms with E-state index in [4.69, 9.17) is 18.4 Å². The van der Waals surface area contributed by atoms with Gasteiger partial charge in [0.1, 0.15) is 18.8 Å².